The fraction of sp³-hybridized carbons (Fsp3) is 0.400. The Bertz CT molecular complexity index is 284. The molecule has 0 aliphatic carbocycles. The van der Waals surface area contributed by atoms with Gasteiger partial charge in [-0.3, -0.25) is 0 Å². The lowest BCUT2D eigenvalue weighted by Gasteiger charge is -2.12. The largest absolute Gasteiger partial charge is 0.379 e. The topological polar surface area (TPSA) is 12.0 Å². The van der Waals surface area contributed by atoms with Crippen LogP contribution in [-0.4, -0.2) is 17.5 Å². The zero-order chi connectivity index (χ0) is 9.10. The van der Waals surface area contributed by atoms with Crippen molar-refractivity contribution >= 4 is 17.4 Å². The van der Waals surface area contributed by atoms with Gasteiger partial charge in [-0.15, -0.1) is 0 Å². The summed E-state index contributed by atoms with van der Waals surface area (Å²) in [4.78, 5) is 0. The predicted molar refractivity (Wildman–Crippen MR) is 55.8 cm³/mol. The molecule has 1 N–H and O–H groups in total. The van der Waals surface area contributed by atoms with E-state index in [-0.39, 0.29) is 5.82 Å². The highest BCUT2D eigenvalue weighted by atomic mass is 32.2. The number of anilines is 1. The molecule has 1 aliphatic heterocycles. The fourth-order valence-electron chi connectivity index (χ4n) is 1.45. The van der Waals surface area contributed by atoms with Crippen LogP contribution in [0.4, 0.5) is 10.1 Å². The molecule has 1 aromatic carbocycles. The lowest BCUT2D eigenvalue weighted by molar-refractivity contribution is 0.626. The van der Waals surface area contributed by atoms with Gasteiger partial charge in [0.2, 0.25) is 0 Å². The Balaban J connectivity index is 2.04. The molecule has 0 spiro atoms. The summed E-state index contributed by atoms with van der Waals surface area (Å²) in [7, 11) is 0. The standard InChI is InChI=1S/C10H12FNS/c11-9-3-1-2-4-10(9)12-8-5-6-13-7-8/h1-4,8,12H,5-7H2/t8-/m0/s1. The van der Waals surface area contributed by atoms with Crippen LogP contribution < -0.4 is 5.32 Å². The highest BCUT2D eigenvalue weighted by Crippen LogP contribution is 2.22. The zero-order valence-electron chi connectivity index (χ0n) is 7.29. The third-order valence-electron chi connectivity index (χ3n) is 2.16. The second-order valence-electron chi connectivity index (χ2n) is 3.18. The Labute approximate surface area is 81.7 Å². The van der Waals surface area contributed by atoms with Crippen LogP contribution in [0.1, 0.15) is 6.42 Å². The van der Waals surface area contributed by atoms with Gasteiger partial charge in [0.1, 0.15) is 5.82 Å². The lowest BCUT2D eigenvalue weighted by atomic mass is 10.2. The van der Waals surface area contributed by atoms with E-state index in [4.69, 9.17) is 0 Å². The monoisotopic (exact) mass is 197 g/mol. The van der Waals surface area contributed by atoms with Crippen molar-refractivity contribution in [2.45, 2.75) is 12.5 Å². The molecule has 1 atom stereocenters. The van der Waals surface area contributed by atoms with Crippen molar-refractivity contribution in [3.05, 3.63) is 30.1 Å². The molecule has 0 saturated carbocycles. The molecule has 13 heavy (non-hydrogen) atoms. The second-order valence-corrected chi connectivity index (χ2v) is 4.33. The van der Waals surface area contributed by atoms with Gasteiger partial charge in [-0.2, -0.15) is 11.8 Å². The Hall–Kier alpha value is -0.700. The quantitative estimate of drug-likeness (QED) is 0.782. The van der Waals surface area contributed by atoms with Gasteiger partial charge in [0, 0.05) is 11.8 Å². The van der Waals surface area contributed by atoms with E-state index < -0.39 is 0 Å². The number of thioether (sulfide) groups is 1. The highest BCUT2D eigenvalue weighted by molar-refractivity contribution is 7.99. The van der Waals surface area contributed by atoms with E-state index in [2.05, 4.69) is 5.32 Å². The number of rotatable bonds is 2. The molecule has 70 valence electrons. The van der Waals surface area contributed by atoms with Gasteiger partial charge in [-0.1, -0.05) is 12.1 Å². The number of hydrogen-bond acceptors (Lipinski definition) is 2. The van der Waals surface area contributed by atoms with E-state index in [9.17, 15) is 4.39 Å². The van der Waals surface area contributed by atoms with Crippen LogP contribution in [0.2, 0.25) is 0 Å². The van der Waals surface area contributed by atoms with Gasteiger partial charge in [0.05, 0.1) is 5.69 Å². The summed E-state index contributed by atoms with van der Waals surface area (Å²) in [5.41, 5.74) is 0.634. The first-order valence-corrected chi connectivity index (χ1v) is 5.60. The molecule has 1 nitrogen and oxygen atoms in total. The molecule has 3 heteroatoms. The van der Waals surface area contributed by atoms with E-state index in [0.717, 1.165) is 12.2 Å². The smallest absolute Gasteiger partial charge is 0.146 e. The molecule has 2 rings (SSSR count). The third-order valence-corrected chi connectivity index (χ3v) is 3.33. The number of nitrogens with one attached hydrogen (secondary N) is 1. The minimum Gasteiger partial charge on any atom is -0.379 e. The SMILES string of the molecule is Fc1ccccc1N[C@H]1CCSC1. The molecule has 0 unspecified atom stereocenters. The Morgan fingerprint density at radius 2 is 2.23 bits per heavy atom. The molecule has 1 aromatic rings. The molecule has 0 radical (unpaired) electrons. The highest BCUT2D eigenvalue weighted by Gasteiger charge is 2.15. The van der Waals surface area contributed by atoms with Crippen molar-refractivity contribution in [3.63, 3.8) is 0 Å². The Morgan fingerprint density at radius 1 is 1.38 bits per heavy atom. The summed E-state index contributed by atoms with van der Waals surface area (Å²) in [5.74, 6) is 2.12. The number of halogens is 1. The Morgan fingerprint density at radius 3 is 2.92 bits per heavy atom. The molecule has 0 bridgehead atoms. The van der Waals surface area contributed by atoms with Gasteiger partial charge in [-0.25, -0.2) is 4.39 Å². The van der Waals surface area contributed by atoms with E-state index in [1.165, 1.54) is 11.8 Å². The van der Waals surface area contributed by atoms with Crippen molar-refractivity contribution < 1.29 is 4.39 Å². The van der Waals surface area contributed by atoms with Crippen LogP contribution >= 0.6 is 11.8 Å². The Kier molecular flexibility index (Phi) is 2.74. The van der Waals surface area contributed by atoms with E-state index in [1.54, 1.807) is 12.1 Å². The van der Waals surface area contributed by atoms with Gasteiger partial charge in [0.15, 0.2) is 0 Å². The summed E-state index contributed by atoms with van der Waals surface area (Å²) in [5, 5.41) is 3.21. The van der Waals surface area contributed by atoms with Gasteiger partial charge in [-0.05, 0) is 24.3 Å². The van der Waals surface area contributed by atoms with E-state index in [0.29, 0.717) is 11.7 Å². The van der Waals surface area contributed by atoms with E-state index in [1.807, 2.05) is 17.8 Å². The summed E-state index contributed by atoms with van der Waals surface area (Å²) in [6.45, 7) is 0. The van der Waals surface area contributed by atoms with Crippen LogP contribution in [-0.2, 0) is 0 Å². The van der Waals surface area contributed by atoms with Crippen molar-refractivity contribution in [1.82, 2.24) is 0 Å². The lowest BCUT2D eigenvalue weighted by Crippen LogP contribution is -2.18. The van der Waals surface area contributed by atoms with Crippen LogP contribution in [0, 0.1) is 5.82 Å². The average molecular weight is 197 g/mol. The van der Waals surface area contributed by atoms with Gasteiger partial charge in [0.25, 0.3) is 0 Å². The van der Waals surface area contributed by atoms with Crippen molar-refractivity contribution in [2.24, 2.45) is 0 Å². The van der Waals surface area contributed by atoms with Crippen LogP contribution in [0.15, 0.2) is 24.3 Å². The fourth-order valence-corrected chi connectivity index (χ4v) is 2.60. The summed E-state index contributed by atoms with van der Waals surface area (Å²) in [6.07, 6.45) is 1.14. The molecule has 1 fully saturated rings. The normalized spacial score (nSPS) is 21.8. The third kappa shape index (κ3) is 2.15. The summed E-state index contributed by atoms with van der Waals surface area (Å²) < 4.78 is 13.2. The van der Waals surface area contributed by atoms with Crippen LogP contribution in [0.3, 0.4) is 0 Å². The van der Waals surface area contributed by atoms with E-state index >= 15 is 0 Å². The minimum atomic E-state index is -0.153. The maximum Gasteiger partial charge on any atom is 0.146 e. The van der Waals surface area contributed by atoms with Gasteiger partial charge >= 0.3 is 0 Å². The minimum absolute atomic E-state index is 0.153. The summed E-state index contributed by atoms with van der Waals surface area (Å²) >= 11 is 1.92. The van der Waals surface area contributed by atoms with Crippen LogP contribution in [0.5, 0.6) is 0 Å². The van der Waals surface area contributed by atoms with Crippen molar-refractivity contribution in [2.75, 3.05) is 16.8 Å². The number of benzene rings is 1. The molecule has 1 heterocycles. The molecule has 0 amide bonds. The molecule has 1 saturated heterocycles. The number of hydrogen-bond donors (Lipinski definition) is 1. The predicted octanol–water partition coefficient (Wildman–Crippen LogP) is 2.74. The first kappa shape index (κ1) is 8.88. The van der Waals surface area contributed by atoms with Crippen LogP contribution in [0.25, 0.3) is 0 Å². The van der Waals surface area contributed by atoms with Crippen molar-refractivity contribution in [3.8, 4) is 0 Å². The average Bonchev–Trinajstić information content (AvgIpc) is 2.61. The second kappa shape index (κ2) is 4.01. The molecule has 1 aliphatic rings. The molecular weight excluding hydrogens is 185 g/mol. The zero-order valence-corrected chi connectivity index (χ0v) is 8.11. The molecular formula is C10H12FNS. The van der Waals surface area contributed by atoms with Crippen molar-refractivity contribution in [1.29, 1.82) is 0 Å². The first-order chi connectivity index (χ1) is 6.36. The first-order valence-electron chi connectivity index (χ1n) is 4.45. The van der Waals surface area contributed by atoms with Gasteiger partial charge < -0.3 is 5.32 Å². The maximum atomic E-state index is 13.2. The number of para-hydroxylation sites is 1. The summed E-state index contributed by atoms with van der Waals surface area (Å²) in [6, 6.07) is 7.29. The molecule has 0 aromatic heterocycles. The maximum absolute atomic E-state index is 13.2.